The van der Waals surface area contributed by atoms with E-state index >= 15 is 0 Å². The Labute approximate surface area is 167 Å². The molecule has 0 bridgehead atoms. The zero-order valence-corrected chi connectivity index (χ0v) is 16.9. The molecule has 1 aliphatic heterocycles. The first kappa shape index (κ1) is 20.1. The Morgan fingerprint density at radius 3 is 2.46 bits per heavy atom. The Kier molecular flexibility index (Phi) is 6.48. The topological polar surface area (TPSA) is 90.2 Å². The zero-order valence-electron chi connectivity index (χ0n) is 16.0. The predicted octanol–water partition coefficient (Wildman–Crippen LogP) is 1.27. The maximum Gasteiger partial charge on any atom is 0.405 e. The van der Waals surface area contributed by atoms with Gasteiger partial charge in [-0.3, -0.25) is 14.7 Å². The van der Waals surface area contributed by atoms with Gasteiger partial charge in [-0.2, -0.15) is 0 Å². The Hall–Kier alpha value is -2.65. The van der Waals surface area contributed by atoms with Crippen LogP contribution in [0.2, 0.25) is 0 Å². The average Bonchev–Trinajstić information content (AvgIpc) is 3.06. The number of nitrogens with zero attached hydrogens (tertiary/aromatic N) is 4. The van der Waals surface area contributed by atoms with Crippen LogP contribution in [0.25, 0.3) is 0 Å². The van der Waals surface area contributed by atoms with Crippen molar-refractivity contribution in [3.8, 4) is 0 Å². The molecule has 1 aliphatic rings. The van der Waals surface area contributed by atoms with E-state index < -0.39 is 12.1 Å². The first-order valence-electron chi connectivity index (χ1n) is 9.11. The van der Waals surface area contributed by atoms with E-state index in [1.807, 2.05) is 13.1 Å². The third-order valence-corrected chi connectivity index (χ3v) is 5.98. The summed E-state index contributed by atoms with van der Waals surface area (Å²) in [6.07, 6.45) is -1.21. The highest BCUT2D eigenvalue weighted by atomic mass is 32.1. The van der Waals surface area contributed by atoms with Crippen LogP contribution in [0.3, 0.4) is 0 Å². The van der Waals surface area contributed by atoms with E-state index in [2.05, 4.69) is 25.2 Å². The van der Waals surface area contributed by atoms with E-state index in [4.69, 9.17) is 5.11 Å². The molecule has 0 saturated carbocycles. The number of carboxylic acid groups (broad SMARTS) is 1. The van der Waals surface area contributed by atoms with Gasteiger partial charge in [0.1, 0.15) is 6.04 Å². The molecule has 2 aromatic rings. The van der Waals surface area contributed by atoms with Crippen molar-refractivity contribution in [2.24, 2.45) is 12.0 Å². The smallest absolute Gasteiger partial charge is 0.405 e. The number of hydrogen-bond acceptors (Lipinski definition) is 5. The van der Waals surface area contributed by atoms with Crippen LogP contribution < -0.4 is 10.1 Å². The quantitative estimate of drug-likeness (QED) is 0.787. The van der Waals surface area contributed by atoms with Gasteiger partial charge in [-0.25, -0.2) is 4.79 Å². The fraction of sp³-hybridized carbons (Fsp3) is 0.421. The summed E-state index contributed by atoms with van der Waals surface area (Å²) in [6, 6.07) is 8.09. The minimum absolute atomic E-state index is 0.207. The molecule has 0 unspecified atom stereocenters. The lowest BCUT2D eigenvalue weighted by molar-refractivity contribution is -0.135. The molecule has 2 N–H and O–H groups in total. The second kappa shape index (κ2) is 9.03. The van der Waals surface area contributed by atoms with Crippen LogP contribution in [0.5, 0.6) is 0 Å². The van der Waals surface area contributed by atoms with Crippen molar-refractivity contribution < 1.29 is 14.7 Å². The summed E-state index contributed by atoms with van der Waals surface area (Å²) >= 11 is 1.62. The minimum Gasteiger partial charge on any atom is -0.465 e. The zero-order chi connectivity index (χ0) is 20.1. The lowest BCUT2D eigenvalue weighted by atomic mass is 10.1. The molecule has 9 heteroatoms. The molecule has 150 valence electrons. The number of carbonyl (C=O) groups excluding carboxylic acids is 1. The second-order valence-electron chi connectivity index (χ2n) is 6.69. The molecule has 0 radical (unpaired) electrons. The van der Waals surface area contributed by atoms with Gasteiger partial charge in [0.2, 0.25) is 5.91 Å². The van der Waals surface area contributed by atoms with Gasteiger partial charge in [-0.05, 0) is 5.56 Å². The molecule has 2 heterocycles. The maximum absolute atomic E-state index is 13.0. The van der Waals surface area contributed by atoms with E-state index in [0.29, 0.717) is 18.7 Å². The molecule has 1 saturated heterocycles. The van der Waals surface area contributed by atoms with E-state index in [0.717, 1.165) is 24.4 Å². The van der Waals surface area contributed by atoms with Gasteiger partial charge < -0.3 is 19.9 Å². The van der Waals surface area contributed by atoms with Crippen LogP contribution in [-0.4, -0.2) is 64.7 Å². The van der Waals surface area contributed by atoms with E-state index in [1.165, 1.54) is 5.69 Å². The lowest BCUT2D eigenvalue weighted by Crippen LogP contribution is -2.51. The Bertz CT molecular complexity index is 884. The summed E-state index contributed by atoms with van der Waals surface area (Å²) in [7, 11) is 3.80. The molecule has 1 atom stereocenters. The molecule has 0 spiro atoms. The van der Waals surface area contributed by atoms with Gasteiger partial charge >= 0.3 is 6.09 Å². The van der Waals surface area contributed by atoms with Crippen LogP contribution in [0, 0.1) is 0 Å². The maximum atomic E-state index is 13.0. The summed E-state index contributed by atoms with van der Waals surface area (Å²) < 4.78 is 2.09. The van der Waals surface area contributed by atoms with Crippen LogP contribution >= 0.6 is 11.3 Å². The van der Waals surface area contributed by atoms with Crippen LogP contribution in [0.15, 0.2) is 40.7 Å². The molecule has 1 aromatic heterocycles. The molecule has 28 heavy (non-hydrogen) atoms. The normalized spacial score (nSPS) is 16.8. The first-order valence-corrected chi connectivity index (χ1v) is 9.99. The first-order chi connectivity index (χ1) is 13.5. The number of aromatic nitrogens is 1. The Balaban J connectivity index is 1.63. The van der Waals surface area contributed by atoms with Crippen LogP contribution in [-0.2, 0) is 18.4 Å². The lowest BCUT2D eigenvalue weighted by Gasteiger charge is -2.36. The summed E-state index contributed by atoms with van der Waals surface area (Å²) in [5.41, 5.74) is 1.85. The third-order valence-electron chi connectivity index (χ3n) is 4.93. The van der Waals surface area contributed by atoms with Crippen molar-refractivity contribution in [3.63, 3.8) is 0 Å². The van der Waals surface area contributed by atoms with Crippen LogP contribution in [0.4, 0.5) is 4.79 Å². The number of hydrogen-bond donors (Lipinski definition) is 2. The van der Waals surface area contributed by atoms with E-state index in [9.17, 15) is 9.59 Å². The number of amides is 2. The SMILES string of the molecule is CN=c1scc(CN2CCN(C(=O)[C@H](NC(=O)O)c3ccccc3)CC2)n1C. The number of nitrogens with one attached hydrogen (secondary N) is 1. The van der Waals surface area contributed by atoms with Gasteiger partial charge in [-0.1, -0.05) is 30.3 Å². The molecular weight excluding hydrogens is 378 g/mol. The molecule has 0 aliphatic carbocycles. The summed E-state index contributed by atoms with van der Waals surface area (Å²) in [5, 5.41) is 13.6. The number of rotatable bonds is 5. The predicted molar refractivity (Wildman–Crippen MR) is 107 cm³/mol. The van der Waals surface area contributed by atoms with Crippen molar-refractivity contribution in [1.82, 2.24) is 19.7 Å². The van der Waals surface area contributed by atoms with Crippen LogP contribution in [0.1, 0.15) is 17.3 Å². The summed E-state index contributed by atoms with van der Waals surface area (Å²) in [4.78, 5) is 33.4. The molecule has 3 rings (SSSR count). The van der Waals surface area contributed by atoms with Gasteiger partial charge in [0.05, 0.1) is 0 Å². The van der Waals surface area contributed by atoms with Gasteiger partial charge in [0.25, 0.3) is 0 Å². The highest BCUT2D eigenvalue weighted by molar-refractivity contribution is 7.07. The van der Waals surface area contributed by atoms with Crippen molar-refractivity contribution in [1.29, 1.82) is 0 Å². The average molecular weight is 404 g/mol. The van der Waals surface area contributed by atoms with Gasteiger partial charge in [0.15, 0.2) is 4.80 Å². The fourth-order valence-corrected chi connectivity index (χ4v) is 4.20. The highest BCUT2D eigenvalue weighted by Crippen LogP contribution is 2.18. The number of piperazine rings is 1. The monoisotopic (exact) mass is 403 g/mol. The second-order valence-corrected chi connectivity index (χ2v) is 7.52. The van der Waals surface area contributed by atoms with Gasteiger partial charge in [0, 0.05) is 57.9 Å². The Morgan fingerprint density at radius 2 is 1.89 bits per heavy atom. The molecule has 1 aromatic carbocycles. The minimum atomic E-state index is -1.21. The Morgan fingerprint density at radius 1 is 1.21 bits per heavy atom. The summed E-state index contributed by atoms with van der Waals surface area (Å²) in [6.45, 7) is 3.44. The van der Waals surface area contributed by atoms with Crippen molar-refractivity contribution in [3.05, 3.63) is 51.8 Å². The van der Waals surface area contributed by atoms with Gasteiger partial charge in [-0.15, -0.1) is 11.3 Å². The molecule has 2 amide bonds. The number of thiazole rings is 1. The number of benzene rings is 1. The highest BCUT2D eigenvalue weighted by Gasteiger charge is 2.29. The number of carbonyl (C=O) groups is 2. The van der Waals surface area contributed by atoms with E-state index in [1.54, 1.807) is 47.5 Å². The van der Waals surface area contributed by atoms with Crippen molar-refractivity contribution >= 4 is 23.3 Å². The van der Waals surface area contributed by atoms with E-state index in [-0.39, 0.29) is 5.91 Å². The van der Waals surface area contributed by atoms with Crippen molar-refractivity contribution in [2.75, 3.05) is 33.2 Å². The molecule has 8 nitrogen and oxygen atoms in total. The van der Waals surface area contributed by atoms with Crippen molar-refractivity contribution in [2.45, 2.75) is 12.6 Å². The largest absolute Gasteiger partial charge is 0.465 e. The summed E-state index contributed by atoms with van der Waals surface area (Å²) in [5.74, 6) is -0.207. The fourth-order valence-electron chi connectivity index (χ4n) is 3.34. The standard InChI is InChI=1S/C19H25N5O3S/c1-20-18-22(2)15(13-28-18)12-23-8-10-24(11-9-23)17(25)16(21-19(26)27)14-6-4-3-5-7-14/h3-7,13,16,21H,8-12H2,1-2H3,(H,26,27)/t16-/m1/s1. The third kappa shape index (κ3) is 4.60. The molecular formula is C19H25N5O3S. The molecule has 1 fully saturated rings.